The first-order chi connectivity index (χ1) is 14.4. The normalized spacial score (nSPS) is 20.1. The summed E-state index contributed by atoms with van der Waals surface area (Å²) in [4.78, 5) is 2.31. The fourth-order valence-corrected chi connectivity index (χ4v) is 6.35. The van der Waals surface area contributed by atoms with Crippen LogP contribution in [0.4, 0.5) is 0 Å². The lowest BCUT2D eigenvalue weighted by atomic mass is 9.92. The zero-order valence-corrected chi connectivity index (χ0v) is 19.8. The fourth-order valence-electron chi connectivity index (χ4n) is 4.37. The predicted octanol–water partition coefficient (Wildman–Crippen LogP) is 4.17. The number of hydrogen-bond donors (Lipinski definition) is 0. The largest absolute Gasteiger partial charge is 0.358 e. The summed E-state index contributed by atoms with van der Waals surface area (Å²) in [5.41, 5.74) is 3.10. The number of nitrogens with zero attached hydrogens (tertiary/aromatic N) is 2. The van der Waals surface area contributed by atoms with Crippen LogP contribution in [0.15, 0.2) is 53.0 Å². The Labute approximate surface area is 188 Å². The van der Waals surface area contributed by atoms with Crippen molar-refractivity contribution in [2.24, 2.45) is 0 Å². The Morgan fingerprint density at radius 1 is 1.03 bits per heavy atom. The maximum absolute atomic E-state index is 12.9. The maximum Gasteiger partial charge on any atom is 0.218 e. The van der Waals surface area contributed by atoms with Crippen molar-refractivity contribution in [1.82, 2.24) is 9.21 Å². The minimum atomic E-state index is -3.31. The molecule has 0 atom stereocenters. The maximum atomic E-state index is 12.9. The van der Waals surface area contributed by atoms with Crippen molar-refractivity contribution in [3.05, 3.63) is 69.7 Å². The molecule has 2 aliphatic heterocycles. The van der Waals surface area contributed by atoms with E-state index in [1.807, 2.05) is 36.4 Å². The smallest absolute Gasteiger partial charge is 0.218 e. The van der Waals surface area contributed by atoms with Crippen LogP contribution in [0.1, 0.15) is 36.5 Å². The van der Waals surface area contributed by atoms with E-state index >= 15 is 0 Å². The predicted molar refractivity (Wildman–Crippen MR) is 122 cm³/mol. The first-order valence-corrected chi connectivity index (χ1v) is 12.9. The Balaban J connectivity index is 1.32. The van der Waals surface area contributed by atoms with Crippen LogP contribution in [0.5, 0.6) is 0 Å². The topological polar surface area (TPSA) is 49.9 Å². The molecule has 2 heterocycles. The molecule has 0 aliphatic carbocycles. The third kappa shape index (κ3) is 5.14. The summed E-state index contributed by atoms with van der Waals surface area (Å²) in [7, 11) is -3.31. The second-order valence-electron chi connectivity index (χ2n) is 8.40. The van der Waals surface area contributed by atoms with Crippen molar-refractivity contribution in [2.45, 2.75) is 44.1 Å². The highest BCUT2D eigenvalue weighted by Gasteiger charge is 2.43. The van der Waals surface area contributed by atoms with Crippen LogP contribution in [0.3, 0.4) is 0 Å². The summed E-state index contributed by atoms with van der Waals surface area (Å²) in [5.74, 6) is 0.0693. The molecule has 5 nitrogen and oxygen atoms in total. The summed E-state index contributed by atoms with van der Waals surface area (Å²) in [5, 5.41) is 0. The Kier molecular flexibility index (Phi) is 6.65. The van der Waals surface area contributed by atoms with Crippen LogP contribution in [-0.2, 0) is 33.5 Å². The molecule has 1 spiro atoms. The molecule has 4 rings (SSSR count). The van der Waals surface area contributed by atoms with Crippen molar-refractivity contribution in [2.75, 3.05) is 26.4 Å². The van der Waals surface area contributed by atoms with E-state index in [9.17, 15) is 8.42 Å². The van der Waals surface area contributed by atoms with Gasteiger partial charge < -0.3 is 4.74 Å². The van der Waals surface area contributed by atoms with Crippen LogP contribution in [0.2, 0.25) is 0 Å². The van der Waals surface area contributed by atoms with Crippen LogP contribution in [-0.4, -0.2) is 49.6 Å². The molecule has 0 bridgehead atoms. The van der Waals surface area contributed by atoms with Gasteiger partial charge in [0, 0.05) is 30.7 Å². The van der Waals surface area contributed by atoms with E-state index in [0.717, 1.165) is 42.4 Å². The van der Waals surface area contributed by atoms with Gasteiger partial charge in [0.05, 0.1) is 11.4 Å². The van der Waals surface area contributed by atoms with Gasteiger partial charge in [0.1, 0.15) is 6.73 Å². The molecule has 0 saturated carbocycles. The third-order valence-corrected chi connectivity index (χ3v) is 8.51. The average molecular weight is 493 g/mol. The quantitative estimate of drug-likeness (QED) is 0.607. The zero-order chi connectivity index (χ0) is 21.2. The Bertz CT molecular complexity index is 970. The average Bonchev–Trinajstić information content (AvgIpc) is 3.10. The van der Waals surface area contributed by atoms with E-state index in [4.69, 9.17) is 4.74 Å². The number of rotatable bonds is 6. The second kappa shape index (κ2) is 9.09. The standard InChI is InChI=1S/C23H29BrN2O3S/c1-2-19-6-8-20(9-7-19)16-30(27,28)26-12-10-23(11-13-26)17-25(18-29-23)15-21-4-3-5-22(24)14-21/h3-9,14H,2,10-13,15-18H2,1H3. The molecule has 2 aliphatic rings. The van der Waals surface area contributed by atoms with E-state index < -0.39 is 10.0 Å². The lowest BCUT2D eigenvalue weighted by molar-refractivity contribution is -0.0277. The summed E-state index contributed by atoms with van der Waals surface area (Å²) in [6.45, 7) is 5.45. The summed E-state index contributed by atoms with van der Waals surface area (Å²) >= 11 is 3.53. The number of ether oxygens (including phenoxy) is 1. The minimum absolute atomic E-state index is 0.0693. The highest BCUT2D eigenvalue weighted by atomic mass is 79.9. The van der Waals surface area contributed by atoms with Gasteiger partial charge in [-0.2, -0.15) is 0 Å². The molecule has 2 aromatic carbocycles. The van der Waals surface area contributed by atoms with Gasteiger partial charge in [-0.15, -0.1) is 0 Å². The lowest BCUT2D eigenvalue weighted by Gasteiger charge is -2.37. The molecule has 2 saturated heterocycles. The zero-order valence-electron chi connectivity index (χ0n) is 17.4. The van der Waals surface area contributed by atoms with E-state index in [1.54, 1.807) is 4.31 Å². The van der Waals surface area contributed by atoms with Gasteiger partial charge in [-0.1, -0.05) is 59.3 Å². The number of halogens is 1. The fraction of sp³-hybridized carbons (Fsp3) is 0.478. The van der Waals surface area contributed by atoms with Gasteiger partial charge in [-0.25, -0.2) is 12.7 Å². The first-order valence-electron chi connectivity index (χ1n) is 10.5. The molecular weight excluding hydrogens is 464 g/mol. The lowest BCUT2D eigenvalue weighted by Crippen LogP contribution is -2.48. The molecule has 0 amide bonds. The molecule has 162 valence electrons. The molecule has 30 heavy (non-hydrogen) atoms. The summed E-state index contributed by atoms with van der Waals surface area (Å²) in [6, 6.07) is 16.2. The summed E-state index contributed by atoms with van der Waals surface area (Å²) < 4.78 is 34.8. The van der Waals surface area contributed by atoms with Crippen LogP contribution < -0.4 is 0 Å². The molecular formula is C23H29BrN2O3S. The highest BCUT2D eigenvalue weighted by molar-refractivity contribution is 9.10. The van der Waals surface area contributed by atoms with E-state index in [2.05, 4.69) is 39.9 Å². The highest BCUT2D eigenvalue weighted by Crippen LogP contribution is 2.34. The SMILES string of the molecule is CCc1ccc(CS(=O)(=O)N2CCC3(CC2)CN(Cc2cccc(Br)c2)CO3)cc1. The molecule has 0 unspecified atom stereocenters. The number of hydrogen-bond acceptors (Lipinski definition) is 4. The van der Waals surface area contributed by atoms with Crippen LogP contribution in [0.25, 0.3) is 0 Å². The van der Waals surface area contributed by atoms with E-state index in [1.165, 1.54) is 11.1 Å². The molecule has 0 radical (unpaired) electrons. The van der Waals surface area contributed by atoms with Crippen molar-refractivity contribution in [3.63, 3.8) is 0 Å². The Morgan fingerprint density at radius 2 is 1.73 bits per heavy atom. The second-order valence-corrected chi connectivity index (χ2v) is 11.3. The van der Waals surface area contributed by atoms with Gasteiger partial charge >= 0.3 is 0 Å². The van der Waals surface area contributed by atoms with Crippen LogP contribution >= 0.6 is 15.9 Å². The van der Waals surface area contributed by atoms with E-state index in [-0.39, 0.29) is 11.4 Å². The first kappa shape index (κ1) is 22.0. The van der Waals surface area contributed by atoms with Crippen molar-refractivity contribution < 1.29 is 13.2 Å². The molecule has 0 N–H and O–H groups in total. The number of aryl methyl sites for hydroxylation is 1. The van der Waals surface area contributed by atoms with Gasteiger partial charge in [-0.05, 0) is 48.1 Å². The van der Waals surface area contributed by atoms with Crippen molar-refractivity contribution in [1.29, 1.82) is 0 Å². The number of benzene rings is 2. The Hall–Kier alpha value is -1.25. The molecule has 7 heteroatoms. The van der Waals surface area contributed by atoms with Gasteiger partial charge in [0.25, 0.3) is 0 Å². The number of sulfonamides is 1. The Morgan fingerprint density at radius 3 is 2.40 bits per heavy atom. The van der Waals surface area contributed by atoms with Gasteiger partial charge in [0.2, 0.25) is 10.0 Å². The van der Waals surface area contributed by atoms with Crippen LogP contribution in [0, 0.1) is 0 Å². The molecule has 2 aromatic rings. The number of piperidine rings is 1. The van der Waals surface area contributed by atoms with Gasteiger partial charge in [0.15, 0.2) is 0 Å². The minimum Gasteiger partial charge on any atom is -0.358 e. The summed E-state index contributed by atoms with van der Waals surface area (Å²) in [6.07, 6.45) is 2.45. The molecule has 2 fully saturated rings. The monoisotopic (exact) mass is 492 g/mol. The van der Waals surface area contributed by atoms with Crippen molar-refractivity contribution >= 4 is 26.0 Å². The van der Waals surface area contributed by atoms with Crippen molar-refractivity contribution in [3.8, 4) is 0 Å². The van der Waals surface area contributed by atoms with Gasteiger partial charge in [-0.3, -0.25) is 4.90 Å². The van der Waals surface area contributed by atoms with E-state index in [0.29, 0.717) is 19.8 Å². The molecule has 0 aromatic heterocycles. The third-order valence-electron chi connectivity index (χ3n) is 6.17.